The van der Waals surface area contributed by atoms with E-state index in [1.807, 2.05) is 48.5 Å². The highest BCUT2D eigenvalue weighted by Crippen LogP contribution is 2.44. The lowest BCUT2D eigenvalue weighted by Crippen LogP contribution is -2.68. The summed E-state index contributed by atoms with van der Waals surface area (Å²) in [6.45, 7) is 1.40. The van der Waals surface area contributed by atoms with E-state index in [9.17, 15) is 65.8 Å². The van der Waals surface area contributed by atoms with Crippen LogP contribution in [0.4, 0.5) is 0 Å². The zero-order valence-corrected chi connectivity index (χ0v) is 35.0. The van der Waals surface area contributed by atoms with Crippen LogP contribution in [0.3, 0.4) is 0 Å². The van der Waals surface area contributed by atoms with E-state index in [0.717, 1.165) is 22.3 Å². The van der Waals surface area contributed by atoms with Crippen LogP contribution in [0, 0.1) is 0 Å². The highest BCUT2D eigenvalue weighted by atomic mass is 16.7. The number of carbonyl (C=O) groups is 2. The summed E-state index contributed by atoms with van der Waals surface area (Å²) < 4.78 is 34.2. The predicted molar refractivity (Wildman–Crippen MR) is 216 cm³/mol. The van der Waals surface area contributed by atoms with Gasteiger partial charge in [0, 0.05) is 12.3 Å². The number of esters is 1. The average Bonchev–Trinajstić information content (AvgIpc) is 3.61. The van der Waals surface area contributed by atoms with Gasteiger partial charge in [-0.25, -0.2) is 0 Å². The minimum absolute atomic E-state index is 0.0562. The van der Waals surface area contributed by atoms with Gasteiger partial charge in [-0.05, 0) is 41.7 Å². The molecule has 0 aromatic heterocycles. The fourth-order valence-corrected chi connectivity index (χ4v) is 9.04. The molecule has 2 aromatic rings. The fraction of sp³-hybridized carbons (Fsp3) is 0.628. The molecule has 8 unspecified atom stereocenters. The van der Waals surface area contributed by atoms with Crippen molar-refractivity contribution in [1.82, 2.24) is 10.6 Å². The second kappa shape index (κ2) is 20.5. The molecule has 1 amide bonds. The molecule has 0 spiro atoms. The third-order valence-corrected chi connectivity index (χ3v) is 12.7. The summed E-state index contributed by atoms with van der Waals surface area (Å²) in [5, 5.41) is 123. The van der Waals surface area contributed by atoms with Gasteiger partial charge in [0.2, 0.25) is 5.91 Å². The van der Waals surface area contributed by atoms with Crippen LogP contribution in [0.2, 0.25) is 0 Å². The Kier molecular flexibility index (Phi) is 15.5. The Labute approximate surface area is 367 Å². The van der Waals surface area contributed by atoms with Gasteiger partial charge in [-0.2, -0.15) is 0 Å². The molecule has 3 fully saturated rings. The molecule has 64 heavy (non-hydrogen) atoms. The van der Waals surface area contributed by atoms with Crippen molar-refractivity contribution in [3.8, 4) is 11.1 Å². The molecule has 0 bridgehead atoms. The third kappa shape index (κ3) is 9.78. The highest BCUT2D eigenvalue weighted by Gasteiger charge is 2.54. The number of carbonyl (C=O) groups excluding carboxylic acids is 2. The third-order valence-electron chi connectivity index (χ3n) is 12.7. The molecule has 19 atom stereocenters. The number of fused-ring (bicyclic) bond motifs is 3. The Bertz CT molecular complexity index is 1910. The molecule has 21 heteroatoms. The average molecular weight is 907 g/mol. The summed E-state index contributed by atoms with van der Waals surface area (Å²) in [6.07, 6.45) is -26.9. The maximum Gasteiger partial charge on any atom is 0.306 e. The molecular formula is C43H58N2O19. The van der Waals surface area contributed by atoms with Gasteiger partial charge in [-0.3, -0.25) is 9.59 Å². The summed E-state index contributed by atoms with van der Waals surface area (Å²) in [7, 11) is 0. The van der Waals surface area contributed by atoms with Crippen molar-refractivity contribution in [2.75, 3.05) is 19.8 Å². The van der Waals surface area contributed by atoms with Gasteiger partial charge in [0.1, 0.15) is 86.0 Å². The zero-order chi connectivity index (χ0) is 46.1. The van der Waals surface area contributed by atoms with Crippen LogP contribution in [0.1, 0.15) is 43.7 Å². The number of aliphatic hydroxyl groups is 11. The number of amides is 1. The SMILES string of the molecule is CC1=C[C@@H](N[C@H]2C(C)O[C@@H](O[C@H]3C(CO)O[C@@H](O[C@H]4C(CO)OC(NC(=O)CCC(=O)OCC5c6ccccc6-c6ccccc65)C(O)[C@H]4O)C(O)[C@H]3O)C(O)[C@H]2O)C(O)[C@@H](O)[C@H]1O. The molecule has 7 rings (SSSR count). The van der Waals surface area contributed by atoms with Crippen LogP contribution in [-0.4, -0.2) is 204 Å². The lowest BCUT2D eigenvalue weighted by Gasteiger charge is -2.49. The molecule has 5 aliphatic rings. The summed E-state index contributed by atoms with van der Waals surface area (Å²) in [4.78, 5) is 25.6. The minimum Gasteiger partial charge on any atom is -0.465 e. The zero-order valence-electron chi connectivity index (χ0n) is 35.0. The largest absolute Gasteiger partial charge is 0.465 e. The van der Waals surface area contributed by atoms with Crippen molar-refractivity contribution in [1.29, 1.82) is 0 Å². The Hall–Kier alpha value is -3.56. The van der Waals surface area contributed by atoms with Crippen molar-refractivity contribution >= 4 is 11.9 Å². The first-order valence-corrected chi connectivity index (χ1v) is 21.2. The van der Waals surface area contributed by atoms with Gasteiger partial charge >= 0.3 is 5.97 Å². The summed E-state index contributed by atoms with van der Waals surface area (Å²) in [5.74, 6) is -1.57. The second-order valence-corrected chi connectivity index (χ2v) is 16.9. The fourth-order valence-electron chi connectivity index (χ4n) is 9.04. The van der Waals surface area contributed by atoms with Crippen molar-refractivity contribution in [3.05, 3.63) is 71.3 Å². The summed E-state index contributed by atoms with van der Waals surface area (Å²) in [6, 6.07) is 13.6. The smallest absolute Gasteiger partial charge is 0.306 e. The van der Waals surface area contributed by atoms with Gasteiger partial charge in [0.05, 0.1) is 37.8 Å². The van der Waals surface area contributed by atoms with Crippen molar-refractivity contribution in [3.63, 3.8) is 0 Å². The van der Waals surface area contributed by atoms with Gasteiger partial charge in [0.25, 0.3) is 0 Å². The van der Waals surface area contributed by atoms with E-state index in [2.05, 4.69) is 10.6 Å². The van der Waals surface area contributed by atoms with Gasteiger partial charge in [-0.15, -0.1) is 0 Å². The molecule has 13 N–H and O–H groups in total. The van der Waals surface area contributed by atoms with E-state index in [4.69, 9.17) is 28.4 Å². The van der Waals surface area contributed by atoms with E-state index in [-0.39, 0.29) is 25.4 Å². The molecule has 354 valence electrons. The van der Waals surface area contributed by atoms with E-state index < -0.39 is 141 Å². The number of hydrogen-bond donors (Lipinski definition) is 13. The maximum absolute atomic E-state index is 12.9. The van der Waals surface area contributed by atoms with Gasteiger partial charge in [-0.1, -0.05) is 54.6 Å². The van der Waals surface area contributed by atoms with E-state index in [0.29, 0.717) is 5.57 Å². The maximum atomic E-state index is 12.9. The van der Waals surface area contributed by atoms with Crippen molar-refractivity contribution in [2.45, 2.75) is 149 Å². The standard InChI is InChI=1S/C43H58N2O19/c1-17-13-24(31(51)33(53)30(17)50)44-29-18(2)60-42(37(57)32(29)52)63-40-26(15-47)62-43(38(58)35(40)55)64-39-25(14-46)61-41(36(56)34(39)54)45-27(48)11-12-28(49)59-16-23-21-9-5-3-7-19(21)20-8-4-6-10-22(20)23/h3-10,13,18,23-26,29-44,46-47,50-58H,11-12,14-16H2,1-2H3,(H,45,48)/t18?,24-,25?,26?,29+,30+,31?,32+,33+,34-,35-,36?,37?,38?,39+,40+,41?,42+,43+/m1/s1. The molecule has 21 nitrogen and oxygen atoms in total. The van der Waals surface area contributed by atoms with Crippen LogP contribution in [0.15, 0.2) is 60.2 Å². The summed E-state index contributed by atoms with van der Waals surface area (Å²) in [5.41, 5.74) is 4.52. The van der Waals surface area contributed by atoms with Crippen LogP contribution in [0.25, 0.3) is 11.1 Å². The van der Waals surface area contributed by atoms with E-state index in [1.54, 1.807) is 6.92 Å². The molecule has 3 saturated heterocycles. The topological polar surface area (TPSA) is 336 Å². The Morgan fingerprint density at radius 1 is 0.656 bits per heavy atom. The van der Waals surface area contributed by atoms with Crippen LogP contribution >= 0.6 is 0 Å². The monoisotopic (exact) mass is 906 g/mol. The number of hydrogen-bond acceptors (Lipinski definition) is 20. The van der Waals surface area contributed by atoms with Crippen LogP contribution in [0.5, 0.6) is 0 Å². The van der Waals surface area contributed by atoms with E-state index in [1.165, 1.54) is 13.0 Å². The predicted octanol–water partition coefficient (Wildman–Crippen LogP) is -4.28. The number of nitrogens with one attached hydrogen (secondary N) is 2. The Balaban J connectivity index is 0.898. The Morgan fingerprint density at radius 2 is 1.20 bits per heavy atom. The first-order valence-electron chi connectivity index (χ1n) is 21.2. The van der Waals surface area contributed by atoms with Crippen LogP contribution < -0.4 is 10.6 Å². The molecule has 0 radical (unpaired) electrons. The highest BCUT2D eigenvalue weighted by molar-refractivity contribution is 5.82. The number of ether oxygens (including phenoxy) is 6. The molecule has 3 heterocycles. The van der Waals surface area contributed by atoms with Crippen LogP contribution in [-0.2, 0) is 38.0 Å². The Morgan fingerprint density at radius 3 is 1.81 bits per heavy atom. The lowest BCUT2D eigenvalue weighted by molar-refractivity contribution is -0.368. The first-order chi connectivity index (χ1) is 30.5. The van der Waals surface area contributed by atoms with Crippen molar-refractivity contribution < 1.29 is 94.2 Å². The van der Waals surface area contributed by atoms with Gasteiger partial charge < -0.3 is 95.2 Å². The van der Waals surface area contributed by atoms with Crippen molar-refractivity contribution in [2.24, 2.45) is 0 Å². The number of rotatable bonds is 14. The normalized spacial score (nSPS) is 40.0. The molecular weight excluding hydrogens is 848 g/mol. The molecule has 2 aliphatic carbocycles. The summed E-state index contributed by atoms with van der Waals surface area (Å²) >= 11 is 0. The second-order valence-electron chi connectivity index (χ2n) is 16.9. The van der Waals surface area contributed by atoms with Gasteiger partial charge in [0.15, 0.2) is 18.8 Å². The molecule has 0 saturated carbocycles. The quantitative estimate of drug-likeness (QED) is 0.0630. The molecule has 3 aliphatic heterocycles. The van der Waals surface area contributed by atoms with E-state index >= 15 is 0 Å². The lowest BCUT2D eigenvalue weighted by atomic mass is 9.87. The molecule has 2 aromatic carbocycles. The first kappa shape index (κ1) is 48.4. The number of benzene rings is 2. The minimum atomic E-state index is -1.99. The number of aliphatic hydroxyl groups excluding tert-OH is 11.